The summed E-state index contributed by atoms with van der Waals surface area (Å²) in [6.45, 7) is 1.69. The van der Waals surface area contributed by atoms with Crippen molar-refractivity contribution >= 4 is 0 Å². The van der Waals surface area contributed by atoms with Crippen LogP contribution in [0.15, 0.2) is 54.6 Å². The van der Waals surface area contributed by atoms with Crippen molar-refractivity contribution in [3.63, 3.8) is 0 Å². The third-order valence-corrected chi connectivity index (χ3v) is 3.88. The van der Waals surface area contributed by atoms with E-state index in [9.17, 15) is 4.39 Å². The first-order valence-electron chi connectivity index (χ1n) is 9.02. The fraction of sp³-hybridized carbons (Fsp3) is 0.455. The average Bonchev–Trinajstić information content (AvgIpc) is 2.65. The van der Waals surface area contributed by atoms with Crippen LogP contribution in [0.5, 0.6) is 0 Å². The molecule has 0 radical (unpaired) electrons. The Morgan fingerprint density at radius 3 is 1.60 bits per heavy atom. The van der Waals surface area contributed by atoms with Crippen molar-refractivity contribution in [3.05, 3.63) is 71.5 Å². The van der Waals surface area contributed by atoms with Gasteiger partial charge in [0.05, 0.1) is 0 Å². The van der Waals surface area contributed by atoms with E-state index in [1.54, 1.807) is 14.2 Å². The van der Waals surface area contributed by atoms with Gasteiger partial charge in [0, 0.05) is 27.4 Å². The quantitative estimate of drug-likeness (QED) is 0.533. The lowest BCUT2D eigenvalue weighted by molar-refractivity contribution is 0.193. The number of unbranched alkanes of at least 4 members (excludes halogenated alkanes) is 2. The average molecular weight is 346 g/mol. The molecular weight excluding hydrogens is 315 g/mol. The normalized spacial score (nSPS) is 10.2. The molecule has 0 atom stereocenters. The highest BCUT2D eigenvalue weighted by molar-refractivity contribution is 5.16. The molecule has 0 N–H and O–H groups in total. The lowest BCUT2D eigenvalue weighted by atomic mass is 10.1. The van der Waals surface area contributed by atoms with Crippen LogP contribution in [-0.2, 0) is 22.3 Å². The van der Waals surface area contributed by atoms with Crippen LogP contribution >= 0.6 is 0 Å². The molecule has 0 aliphatic carbocycles. The molecule has 0 aliphatic heterocycles. The molecule has 0 aliphatic rings. The minimum Gasteiger partial charge on any atom is -0.385 e. The molecule has 0 fully saturated rings. The molecule has 3 heteroatoms. The van der Waals surface area contributed by atoms with Crippen LogP contribution in [0, 0.1) is 5.82 Å². The molecule has 0 aromatic heterocycles. The van der Waals surface area contributed by atoms with Crippen LogP contribution in [0.4, 0.5) is 4.39 Å². The van der Waals surface area contributed by atoms with Gasteiger partial charge in [-0.3, -0.25) is 0 Å². The first-order valence-corrected chi connectivity index (χ1v) is 9.02. The first-order chi connectivity index (χ1) is 12.3. The Balaban J connectivity index is 0.000000251. The van der Waals surface area contributed by atoms with Crippen molar-refractivity contribution in [2.75, 3.05) is 27.4 Å². The monoisotopic (exact) mass is 346 g/mol. The van der Waals surface area contributed by atoms with E-state index in [1.807, 2.05) is 12.1 Å². The number of hydrogen-bond acceptors (Lipinski definition) is 2. The lowest BCUT2D eigenvalue weighted by Gasteiger charge is -2.00. The predicted octanol–water partition coefficient (Wildman–Crippen LogP) is 5.45. The van der Waals surface area contributed by atoms with Crippen LogP contribution in [0.2, 0.25) is 0 Å². The van der Waals surface area contributed by atoms with Crippen molar-refractivity contribution in [2.45, 2.75) is 38.5 Å². The third kappa shape index (κ3) is 11.5. The number of hydrogen-bond donors (Lipinski definition) is 0. The second-order valence-electron chi connectivity index (χ2n) is 6.01. The summed E-state index contributed by atoms with van der Waals surface area (Å²) in [5.74, 6) is -0.166. The second-order valence-corrected chi connectivity index (χ2v) is 6.01. The lowest BCUT2D eigenvalue weighted by Crippen LogP contribution is -1.91. The molecule has 0 saturated heterocycles. The second kappa shape index (κ2) is 14.6. The highest BCUT2D eigenvalue weighted by atomic mass is 19.1. The molecule has 2 nitrogen and oxygen atoms in total. The largest absolute Gasteiger partial charge is 0.385 e. The summed E-state index contributed by atoms with van der Waals surface area (Å²) in [5, 5.41) is 0. The standard InChI is InChI=1S/C11H15FO.C11H16O/c1-13-9-3-2-4-10-5-7-11(12)8-6-10;1-12-10-6-5-9-11-7-3-2-4-8-11/h5-8H,2-4,9H2,1H3;2-4,7-8H,5-6,9-10H2,1H3. The van der Waals surface area contributed by atoms with E-state index in [1.165, 1.54) is 36.1 Å². The van der Waals surface area contributed by atoms with Gasteiger partial charge in [-0.2, -0.15) is 0 Å². The Bertz CT molecular complexity index is 525. The van der Waals surface area contributed by atoms with E-state index in [0.717, 1.165) is 38.9 Å². The molecule has 138 valence electrons. The zero-order valence-electron chi connectivity index (χ0n) is 15.5. The molecule has 2 rings (SSSR count). The van der Waals surface area contributed by atoms with E-state index in [4.69, 9.17) is 9.47 Å². The van der Waals surface area contributed by atoms with Gasteiger partial charge in [-0.1, -0.05) is 42.5 Å². The zero-order chi connectivity index (χ0) is 18.2. The van der Waals surface area contributed by atoms with E-state index in [2.05, 4.69) is 30.3 Å². The maximum absolute atomic E-state index is 12.5. The van der Waals surface area contributed by atoms with E-state index in [-0.39, 0.29) is 5.82 Å². The van der Waals surface area contributed by atoms with Gasteiger partial charge in [-0.15, -0.1) is 0 Å². The van der Waals surface area contributed by atoms with Crippen LogP contribution in [0.1, 0.15) is 36.8 Å². The van der Waals surface area contributed by atoms with Gasteiger partial charge in [0.1, 0.15) is 5.82 Å². The highest BCUT2D eigenvalue weighted by Crippen LogP contribution is 2.06. The summed E-state index contributed by atoms with van der Waals surface area (Å²) < 4.78 is 22.4. The number of aryl methyl sites for hydroxylation is 2. The van der Waals surface area contributed by atoms with Gasteiger partial charge in [0.2, 0.25) is 0 Å². The van der Waals surface area contributed by atoms with E-state index in [0.29, 0.717) is 0 Å². The van der Waals surface area contributed by atoms with E-state index < -0.39 is 0 Å². The summed E-state index contributed by atoms with van der Waals surface area (Å²) in [6, 6.07) is 17.3. The summed E-state index contributed by atoms with van der Waals surface area (Å²) in [6.07, 6.45) is 6.71. The topological polar surface area (TPSA) is 18.5 Å². The van der Waals surface area contributed by atoms with Gasteiger partial charge in [-0.25, -0.2) is 4.39 Å². The molecule has 2 aromatic rings. The first kappa shape index (κ1) is 21.3. The summed E-state index contributed by atoms with van der Waals surface area (Å²) in [5.41, 5.74) is 2.62. The summed E-state index contributed by atoms with van der Waals surface area (Å²) >= 11 is 0. The molecule has 0 saturated carbocycles. The van der Waals surface area contributed by atoms with Crippen molar-refractivity contribution in [1.29, 1.82) is 0 Å². The third-order valence-electron chi connectivity index (χ3n) is 3.88. The van der Waals surface area contributed by atoms with Crippen LogP contribution < -0.4 is 0 Å². The maximum Gasteiger partial charge on any atom is 0.123 e. The molecule has 0 spiro atoms. The number of ether oxygens (including phenoxy) is 2. The predicted molar refractivity (Wildman–Crippen MR) is 102 cm³/mol. The Morgan fingerprint density at radius 2 is 1.12 bits per heavy atom. The van der Waals surface area contributed by atoms with Crippen LogP contribution in [0.3, 0.4) is 0 Å². The van der Waals surface area contributed by atoms with Crippen molar-refractivity contribution in [2.24, 2.45) is 0 Å². The Labute approximate surface area is 152 Å². The fourth-order valence-electron chi connectivity index (χ4n) is 2.45. The Hall–Kier alpha value is -1.71. The molecule has 0 heterocycles. The molecular formula is C22H31FO2. The maximum atomic E-state index is 12.5. The number of rotatable bonds is 10. The van der Waals surface area contributed by atoms with E-state index >= 15 is 0 Å². The smallest absolute Gasteiger partial charge is 0.123 e. The minimum absolute atomic E-state index is 0.166. The minimum atomic E-state index is -0.166. The van der Waals surface area contributed by atoms with Gasteiger partial charge >= 0.3 is 0 Å². The summed E-state index contributed by atoms with van der Waals surface area (Å²) in [7, 11) is 3.46. The van der Waals surface area contributed by atoms with Gasteiger partial charge < -0.3 is 9.47 Å². The highest BCUT2D eigenvalue weighted by Gasteiger charge is 1.94. The van der Waals surface area contributed by atoms with Gasteiger partial charge in [-0.05, 0) is 61.8 Å². The van der Waals surface area contributed by atoms with Crippen LogP contribution in [-0.4, -0.2) is 27.4 Å². The van der Waals surface area contributed by atoms with Crippen molar-refractivity contribution in [3.8, 4) is 0 Å². The van der Waals surface area contributed by atoms with Crippen molar-refractivity contribution in [1.82, 2.24) is 0 Å². The number of methoxy groups -OCH3 is 2. The fourth-order valence-corrected chi connectivity index (χ4v) is 2.45. The van der Waals surface area contributed by atoms with Crippen LogP contribution in [0.25, 0.3) is 0 Å². The number of halogens is 1. The molecule has 2 aromatic carbocycles. The van der Waals surface area contributed by atoms with Crippen molar-refractivity contribution < 1.29 is 13.9 Å². The molecule has 0 bridgehead atoms. The Morgan fingerprint density at radius 1 is 0.640 bits per heavy atom. The molecule has 25 heavy (non-hydrogen) atoms. The number of benzene rings is 2. The summed E-state index contributed by atoms with van der Waals surface area (Å²) in [4.78, 5) is 0. The van der Waals surface area contributed by atoms with Gasteiger partial charge in [0.15, 0.2) is 0 Å². The molecule has 0 amide bonds. The zero-order valence-corrected chi connectivity index (χ0v) is 15.5. The molecule has 0 unspecified atom stereocenters. The Kier molecular flexibility index (Phi) is 12.5. The SMILES string of the molecule is COCCCCc1ccc(F)cc1.COCCCCc1ccccc1. The van der Waals surface area contributed by atoms with Gasteiger partial charge in [0.25, 0.3) is 0 Å².